The number of rotatable bonds is 7. The number of alkyl halides is 1. The topological polar surface area (TPSA) is 80.3 Å². The molecule has 25 heavy (non-hydrogen) atoms. The van der Waals surface area contributed by atoms with Gasteiger partial charge in [0.05, 0.1) is 24.4 Å². The smallest absolute Gasteiger partial charge is 0.254 e. The summed E-state index contributed by atoms with van der Waals surface area (Å²) < 4.78 is 9.54. The predicted octanol–water partition coefficient (Wildman–Crippen LogP) is 2.59. The van der Waals surface area contributed by atoms with E-state index in [1.807, 2.05) is 25.1 Å². The Morgan fingerprint density at radius 2 is 2.04 bits per heavy atom. The Morgan fingerprint density at radius 1 is 1.32 bits per heavy atom. The zero-order valence-corrected chi connectivity index (χ0v) is 15.8. The van der Waals surface area contributed by atoms with Gasteiger partial charge in [0.1, 0.15) is 11.6 Å². The van der Waals surface area contributed by atoms with Crippen LogP contribution in [0.3, 0.4) is 0 Å². The van der Waals surface area contributed by atoms with E-state index in [1.165, 1.54) is 11.5 Å². The second-order valence-corrected chi connectivity index (χ2v) is 6.65. The van der Waals surface area contributed by atoms with E-state index in [0.717, 1.165) is 10.4 Å². The Bertz CT molecular complexity index is 744. The molecule has 1 heterocycles. The molecule has 0 saturated heterocycles. The second kappa shape index (κ2) is 8.82. The molecule has 0 aliphatic carbocycles. The lowest BCUT2D eigenvalue weighted by molar-refractivity contribution is -0.119. The molecule has 1 aromatic carbocycles. The first-order chi connectivity index (χ1) is 12.0. The quantitative estimate of drug-likeness (QED) is 0.722. The van der Waals surface area contributed by atoms with Crippen LogP contribution in [0.5, 0.6) is 5.75 Å². The standard InChI is InChI=1S/C17H20ClN3O3S/c1-10-16(11(2)25-21-10)17(23)19-9-13(20-15(22)8-18)12-6-4-5-7-14(12)24-3/h4-7,13H,8-9H2,1-3H3,(H,19,23)(H,20,22). The number of aromatic nitrogens is 1. The third kappa shape index (κ3) is 4.70. The predicted molar refractivity (Wildman–Crippen MR) is 98.5 cm³/mol. The normalized spacial score (nSPS) is 11.7. The number of aryl methyl sites for hydroxylation is 2. The molecule has 1 aromatic heterocycles. The van der Waals surface area contributed by atoms with Gasteiger partial charge < -0.3 is 15.4 Å². The summed E-state index contributed by atoms with van der Waals surface area (Å²) in [6, 6.07) is 6.86. The number of hydrogen-bond acceptors (Lipinski definition) is 5. The minimum absolute atomic E-state index is 0.160. The summed E-state index contributed by atoms with van der Waals surface area (Å²) >= 11 is 6.90. The highest BCUT2D eigenvalue weighted by Gasteiger charge is 2.21. The summed E-state index contributed by atoms with van der Waals surface area (Å²) in [4.78, 5) is 25.1. The van der Waals surface area contributed by atoms with Crippen LogP contribution in [0.1, 0.15) is 32.5 Å². The summed E-state index contributed by atoms with van der Waals surface area (Å²) in [5.74, 6) is -0.0759. The van der Waals surface area contributed by atoms with Gasteiger partial charge in [-0.05, 0) is 31.4 Å². The zero-order chi connectivity index (χ0) is 18.4. The summed E-state index contributed by atoms with van der Waals surface area (Å²) in [5, 5.41) is 5.67. The molecule has 1 unspecified atom stereocenters. The molecule has 0 saturated carbocycles. The first kappa shape index (κ1) is 19.2. The number of nitrogens with zero attached hydrogens (tertiary/aromatic N) is 1. The number of amides is 2. The molecule has 0 radical (unpaired) electrons. The first-order valence-corrected chi connectivity index (χ1v) is 8.98. The van der Waals surface area contributed by atoms with Crippen molar-refractivity contribution in [1.29, 1.82) is 0 Å². The number of carbonyl (C=O) groups is 2. The third-order valence-corrected chi connectivity index (χ3v) is 4.78. The van der Waals surface area contributed by atoms with Gasteiger partial charge in [-0.15, -0.1) is 11.6 Å². The molecule has 134 valence electrons. The highest BCUT2D eigenvalue weighted by atomic mass is 35.5. The van der Waals surface area contributed by atoms with Crippen LogP contribution in [0.2, 0.25) is 0 Å². The van der Waals surface area contributed by atoms with E-state index < -0.39 is 6.04 Å². The van der Waals surface area contributed by atoms with Crippen molar-refractivity contribution in [3.63, 3.8) is 0 Å². The summed E-state index contributed by atoms with van der Waals surface area (Å²) in [6.45, 7) is 3.86. The highest BCUT2D eigenvalue weighted by molar-refractivity contribution is 7.06. The van der Waals surface area contributed by atoms with Gasteiger partial charge >= 0.3 is 0 Å². The molecule has 0 spiro atoms. The fourth-order valence-electron chi connectivity index (χ4n) is 2.52. The minimum atomic E-state index is -0.460. The van der Waals surface area contributed by atoms with Crippen LogP contribution in [0.4, 0.5) is 0 Å². The zero-order valence-electron chi connectivity index (χ0n) is 14.3. The number of hydrogen-bond donors (Lipinski definition) is 2. The molecule has 0 aliphatic rings. The van der Waals surface area contributed by atoms with Gasteiger partial charge in [-0.2, -0.15) is 4.37 Å². The molecule has 6 nitrogen and oxygen atoms in total. The fraction of sp³-hybridized carbons (Fsp3) is 0.353. The molecule has 0 bridgehead atoms. The highest BCUT2D eigenvalue weighted by Crippen LogP contribution is 2.25. The lowest BCUT2D eigenvalue weighted by Gasteiger charge is -2.21. The maximum atomic E-state index is 12.5. The van der Waals surface area contributed by atoms with E-state index in [9.17, 15) is 9.59 Å². The molecule has 2 aromatic rings. The average Bonchev–Trinajstić information content (AvgIpc) is 2.96. The number of halogens is 1. The second-order valence-electron chi connectivity index (χ2n) is 5.40. The van der Waals surface area contributed by atoms with Gasteiger partial charge in [0, 0.05) is 17.0 Å². The Labute approximate surface area is 155 Å². The van der Waals surface area contributed by atoms with Crippen LogP contribution < -0.4 is 15.4 Å². The van der Waals surface area contributed by atoms with Crippen molar-refractivity contribution in [3.8, 4) is 5.75 Å². The van der Waals surface area contributed by atoms with E-state index in [4.69, 9.17) is 16.3 Å². The van der Waals surface area contributed by atoms with Crippen LogP contribution in [-0.4, -0.2) is 35.7 Å². The van der Waals surface area contributed by atoms with Crippen molar-refractivity contribution < 1.29 is 14.3 Å². The molecule has 2 amide bonds. The molecule has 1 atom stereocenters. The molecule has 0 aliphatic heterocycles. The average molecular weight is 382 g/mol. The maximum absolute atomic E-state index is 12.5. The Hall–Kier alpha value is -2.12. The van der Waals surface area contributed by atoms with Crippen molar-refractivity contribution in [1.82, 2.24) is 15.0 Å². The van der Waals surface area contributed by atoms with Crippen LogP contribution in [0, 0.1) is 13.8 Å². The largest absolute Gasteiger partial charge is 0.496 e. The number of methoxy groups -OCH3 is 1. The van der Waals surface area contributed by atoms with E-state index in [-0.39, 0.29) is 24.2 Å². The summed E-state index contributed by atoms with van der Waals surface area (Å²) in [6.07, 6.45) is 0. The van der Waals surface area contributed by atoms with Crippen LogP contribution in [-0.2, 0) is 4.79 Å². The first-order valence-electron chi connectivity index (χ1n) is 7.67. The van der Waals surface area contributed by atoms with E-state index in [1.54, 1.807) is 20.1 Å². The van der Waals surface area contributed by atoms with Gasteiger partial charge in [0.15, 0.2) is 0 Å². The number of carbonyl (C=O) groups excluding carboxylic acids is 2. The summed E-state index contributed by atoms with van der Waals surface area (Å²) in [5.41, 5.74) is 2.03. The summed E-state index contributed by atoms with van der Waals surface area (Å²) in [7, 11) is 1.56. The van der Waals surface area contributed by atoms with Gasteiger partial charge in [0.2, 0.25) is 5.91 Å². The van der Waals surface area contributed by atoms with Crippen molar-refractivity contribution in [2.75, 3.05) is 19.5 Å². The number of para-hydroxylation sites is 1. The number of ether oxygens (including phenoxy) is 1. The maximum Gasteiger partial charge on any atom is 0.254 e. The molecule has 8 heteroatoms. The SMILES string of the molecule is COc1ccccc1C(CNC(=O)c1c(C)nsc1C)NC(=O)CCl. The van der Waals surface area contributed by atoms with E-state index in [0.29, 0.717) is 17.0 Å². The van der Waals surface area contributed by atoms with E-state index >= 15 is 0 Å². The Kier molecular flexibility index (Phi) is 6.78. The van der Waals surface area contributed by atoms with Crippen molar-refractivity contribution in [2.45, 2.75) is 19.9 Å². The third-order valence-electron chi connectivity index (χ3n) is 3.70. The fourth-order valence-corrected chi connectivity index (χ4v) is 3.29. The molecule has 0 fully saturated rings. The van der Waals surface area contributed by atoms with Crippen LogP contribution >= 0.6 is 23.1 Å². The van der Waals surface area contributed by atoms with Crippen molar-refractivity contribution in [3.05, 3.63) is 46.0 Å². The van der Waals surface area contributed by atoms with Gasteiger partial charge in [-0.1, -0.05) is 18.2 Å². The lowest BCUT2D eigenvalue weighted by atomic mass is 10.0. The molecule has 2 rings (SSSR count). The van der Waals surface area contributed by atoms with Crippen molar-refractivity contribution >= 4 is 34.9 Å². The Balaban J connectivity index is 2.19. The van der Waals surface area contributed by atoms with Crippen LogP contribution in [0.15, 0.2) is 24.3 Å². The van der Waals surface area contributed by atoms with Crippen LogP contribution in [0.25, 0.3) is 0 Å². The molecular weight excluding hydrogens is 362 g/mol. The van der Waals surface area contributed by atoms with Gasteiger partial charge in [-0.3, -0.25) is 9.59 Å². The van der Waals surface area contributed by atoms with Crippen molar-refractivity contribution in [2.24, 2.45) is 0 Å². The molecule has 2 N–H and O–H groups in total. The molecular formula is C17H20ClN3O3S. The minimum Gasteiger partial charge on any atom is -0.496 e. The van der Waals surface area contributed by atoms with Gasteiger partial charge in [-0.25, -0.2) is 0 Å². The Morgan fingerprint density at radius 3 is 2.64 bits per heavy atom. The number of benzene rings is 1. The van der Waals surface area contributed by atoms with Gasteiger partial charge in [0.25, 0.3) is 5.91 Å². The number of nitrogens with one attached hydrogen (secondary N) is 2. The van der Waals surface area contributed by atoms with E-state index in [2.05, 4.69) is 15.0 Å². The monoisotopic (exact) mass is 381 g/mol. The lowest BCUT2D eigenvalue weighted by Crippen LogP contribution is -2.38.